The second-order valence-electron chi connectivity index (χ2n) is 4.79. The van der Waals surface area contributed by atoms with Crippen LogP contribution in [0.1, 0.15) is 38.8 Å². The largest absolute Gasteiger partial charge is 0.490 e. The topological polar surface area (TPSA) is 9.23 Å². The van der Waals surface area contributed by atoms with Crippen LogP contribution in [0, 0.1) is 11.7 Å². The molecule has 1 rings (SSSR count). The summed E-state index contributed by atoms with van der Waals surface area (Å²) in [5.41, 5.74) is 2.62. The Morgan fingerprint density at radius 2 is 2.06 bits per heavy atom. The Labute approximate surface area is 103 Å². The van der Waals surface area contributed by atoms with E-state index >= 15 is 0 Å². The first-order valence-corrected chi connectivity index (χ1v) is 6.06. The third kappa shape index (κ3) is 3.58. The van der Waals surface area contributed by atoms with E-state index in [0.29, 0.717) is 18.3 Å². The average Bonchev–Trinajstić information content (AvgIpc) is 2.25. The molecule has 17 heavy (non-hydrogen) atoms. The quantitative estimate of drug-likeness (QED) is 0.733. The van der Waals surface area contributed by atoms with Gasteiger partial charge in [-0.1, -0.05) is 32.9 Å². The van der Waals surface area contributed by atoms with Gasteiger partial charge < -0.3 is 4.74 Å². The Hall–Kier alpha value is -1.31. The molecule has 0 spiro atoms. The summed E-state index contributed by atoms with van der Waals surface area (Å²) in [4.78, 5) is 0. The zero-order chi connectivity index (χ0) is 13.0. The molecule has 0 atom stereocenters. The molecule has 1 nitrogen and oxygen atoms in total. The van der Waals surface area contributed by atoms with Crippen LogP contribution < -0.4 is 4.74 Å². The Morgan fingerprint density at radius 3 is 2.53 bits per heavy atom. The highest BCUT2D eigenvalue weighted by molar-refractivity contribution is 5.63. The van der Waals surface area contributed by atoms with Gasteiger partial charge in [0.25, 0.3) is 0 Å². The van der Waals surface area contributed by atoms with Crippen molar-refractivity contribution in [3.8, 4) is 5.75 Å². The number of halogens is 1. The van der Waals surface area contributed by atoms with Crippen LogP contribution in [0.4, 0.5) is 4.39 Å². The van der Waals surface area contributed by atoms with E-state index in [1.165, 1.54) is 6.07 Å². The van der Waals surface area contributed by atoms with Crippen LogP contribution in [-0.2, 0) is 6.42 Å². The van der Waals surface area contributed by atoms with E-state index < -0.39 is 0 Å². The lowest BCUT2D eigenvalue weighted by atomic mass is 10.0. The van der Waals surface area contributed by atoms with Crippen LogP contribution in [0.15, 0.2) is 18.7 Å². The highest BCUT2D eigenvalue weighted by Gasteiger charge is 2.12. The van der Waals surface area contributed by atoms with Gasteiger partial charge in [-0.05, 0) is 42.5 Å². The number of benzene rings is 1. The molecule has 0 aliphatic rings. The van der Waals surface area contributed by atoms with Gasteiger partial charge in [-0.2, -0.15) is 0 Å². The lowest BCUT2D eigenvalue weighted by Gasteiger charge is -2.15. The number of hydrogen-bond donors (Lipinski definition) is 0. The van der Waals surface area contributed by atoms with E-state index in [-0.39, 0.29) is 5.82 Å². The van der Waals surface area contributed by atoms with Gasteiger partial charge in [0.05, 0.1) is 6.61 Å². The highest BCUT2D eigenvalue weighted by Crippen LogP contribution is 2.28. The first-order chi connectivity index (χ1) is 7.95. The van der Waals surface area contributed by atoms with Gasteiger partial charge in [0, 0.05) is 0 Å². The van der Waals surface area contributed by atoms with Crippen LogP contribution >= 0.6 is 0 Å². The number of allylic oxidation sites excluding steroid dienone is 1. The number of rotatable bonds is 5. The predicted octanol–water partition coefficient (Wildman–Crippen LogP) is 4.46. The Morgan fingerprint density at radius 1 is 1.41 bits per heavy atom. The maximum Gasteiger partial charge on any atom is 0.165 e. The molecule has 94 valence electrons. The summed E-state index contributed by atoms with van der Waals surface area (Å²) in [6, 6.07) is 3.46. The fourth-order valence-electron chi connectivity index (χ4n) is 1.57. The standard InChI is InChI=1S/C15H21FO/c1-6-12-7-13(11(4)5)8-14(16)15(12)17-9-10(2)3/h7-8,10H,4,6,9H2,1-3,5H3. The molecule has 0 radical (unpaired) electrons. The van der Waals surface area contributed by atoms with Crippen molar-refractivity contribution in [1.82, 2.24) is 0 Å². The fourth-order valence-corrected chi connectivity index (χ4v) is 1.57. The van der Waals surface area contributed by atoms with E-state index in [1.54, 1.807) is 0 Å². The van der Waals surface area contributed by atoms with Crippen molar-refractivity contribution in [3.63, 3.8) is 0 Å². The van der Waals surface area contributed by atoms with E-state index in [9.17, 15) is 4.39 Å². The third-order valence-corrected chi connectivity index (χ3v) is 2.56. The highest BCUT2D eigenvalue weighted by atomic mass is 19.1. The van der Waals surface area contributed by atoms with Gasteiger partial charge in [-0.3, -0.25) is 0 Å². The number of hydrogen-bond acceptors (Lipinski definition) is 1. The first-order valence-electron chi connectivity index (χ1n) is 6.06. The lowest BCUT2D eigenvalue weighted by molar-refractivity contribution is 0.257. The van der Waals surface area contributed by atoms with Crippen molar-refractivity contribution < 1.29 is 9.13 Å². The molecule has 1 aromatic carbocycles. The van der Waals surface area contributed by atoms with Gasteiger partial charge in [0.15, 0.2) is 11.6 Å². The molecule has 0 saturated carbocycles. The molecule has 0 N–H and O–H groups in total. The first kappa shape index (κ1) is 13.8. The summed E-state index contributed by atoms with van der Waals surface area (Å²) < 4.78 is 19.5. The van der Waals surface area contributed by atoms with Crippen molar-refractivity contribution in [3.05, 3.63) is 35.7 Å². The molecule has 0 saturated heterocycles. The summed E-state index contributed by atoms with van der Waals surface area (Å²) in [5, 5.41) is 0. The van der Waals surface area contributed by atoms with E-state index in [0.717, 1.165) is 23.1 Å². The zero-order valence-corrected chi connectivity index (χ0v) is 11.1. The molecule has 0 aromatic heterocycles. The van der Waals surface area contributed by atoms with Crippen LogP contribution in [0.5, 0.6) is 5.75 Å². The third-order valence-electron chi connectivity index (χ3n) is 2.56. The molecular weight excluding hydrogens is 215 g/mol. The molecule has 0 aliphatic heterocycles. The van der Waals surface area contributed by atoms with Crippen LogP contribution in [-0.4, -0.2) is 6.61 Å². The minimum Gasteiger partial charge on any atom is -0.490 e. The molecule has 0 unspecified atom stereocenters. The van der Waals surface area contributed by atoms with Crippen LogP contribution in [0.3, 0.4) is 0 Å². The van der Waals surface area contributed by atoms with E-state index in [2.05, 4.69) is 6.58 Å². The van der Waals surface area contributed by atoms with Gasteiger partial charge in [0.1, 0.15) is 0 Å². The monoisotopic (exact) mass is 236 g/mol. The zero-order valence-electron chi connectivity index (χ0n) is 11.1. The summed E-state index contributed by atoms with van der Waals surface area (Å²) in [6.45, 7) is 12.3. The summed E-state index contributed by atoms with van der Waals surface area (Å²) in [6.07, 6.45) is 0.755. The van der Waals surface area contributed by atoms with Crippen molar-refractivity contribution in [2.45, 2.75) is 34.1 Å². The van der Waals surface area contributed by atoms with Crippen molar-refractivity contribution in [2.24, 2.45) is 5.92 Å². The van der Waals surface area contributed by atoms with Gasteiger partial charge in [-0.15, -0.1) is 0 Å². The maximum atomic E-state index is 13.9. The van der Waals surface area contributed by atoms with Gasteiger partial charge >= 0.3 is 0 Å². The van der Waals surface area contributed by atoms with E-state index in [4.69, 9.17) is 4.74 Å². The number of aryl methyl sites for hydroxylation is 1. The summed E-state index contributed by atoms with van der Waals surface area (Å²) in [7, 11) is 0. The molecule has 1 aromatic rings. The fraction of sp³-hybridized carbons (Fsp3) is 0.467. The van der Waals surface area contributed by atoms with Crippen LogP contribution in [0.2, 0.25) is 0 Å². The minimum absolute atomic E-state index is 0.289. The molecule has 2 heteroatoms. The van der Waals surface area contributed by atoms with Gasteiger partial charge in [0.2, 0.25) is 0 Å². The maximum absolute atomic E-state index is 13.9. The van der Waals surface area contributed by atoms with E-state index in [1.807, 2.05) is 33.8 Å². The molecule has 0 bridgehead atoms. The SMILES string of the molecule is C=C(C)c1cc(F)c(OCC(C)C)c(CC)c1. The van der Waals surface area contributed by atoms with Crippen molar-refractivity contribution in [2.75, 3.05) is 6.61 Å². The molecular formula is C15H21FO. The Bertz CT molecular complexity index is 408. The second-order valence-corrected chi connectivity index (χ2v) is 4.79. The smallest absolute Gasteiger partial charge is 0.165 e. The van der Waals surface area contributed by atoms with Crippen LogP contribution in [0.25, 0.3) is 5.57 Å². The average molecular weight is 236 g/mol. The predicted molar refractivity (Wildman–Crippen MR) is 70.8 cm³/mol. The second kappa shape index (κ2) is 5.85. The lowest BCUT2D eigenvalue weighted by Crippen LogP contribution is -2.08. The van der Waals surface area contributed by atoms with Crippen molar-refractivity contribution in [1.29, 1.82) is 0 Å². The molecule has 0 amide bonds. The van der Waals surface area contributed by atoms with Crippen molar-refractivity contribution >= 4 is 5.57 Å². The molecule has 0 fully saturated rings. The Kier molecular flexibility index (Phi) is 4.73. The molecule has 0 heterocycles. The van der Waals surface area contributed by atoms with Gasteiger partial charge in [-0.25, -0.2) is 4.39 Å². The molecule has 0 aliphatic carbocycles. The normalized spacial score (nSPS) is 10.7. The Balaban J connectivity index is 3.07. The minimum atomic E-state index is -0.289. The summed E-state index contributed by atoms with van der Waals surface area (Å²) in [5.74, 6) is 0.495. The number of ether oxygens (including phenoxy) is 1. The summed E-state index contributed by atoms with van der Waals surface area (Å²) >= 11 is 0.